The topological polar surface area (TPSA) is 83.6 Å². The molecule has 0 aliphatic carbocycles. The maximum atomic E-state index is 13.1. The van der Waals surface area contributed by atoms with Crippen molar-refractivity contribution in [3.8, 4) is 0 Å². The number of anilines is 1. The average molecular weight is 380 g/mol. The van der Waals surface area contributed by atoms with Gasteiger partial charge in [0.1, 0.15) is 5.82 Å². The number of hydrogen-bond donors (Lipinski definition) is 2. The second-order valence-electron chi connectivity index (χ2n) is 5.57. The molecule has 140 valence electrons. The van der Waals surface area contributed by atoms with E-state index in [0.717, 1.165) is 0 Å². The zero-order chi connectivity index (χ0) is 18.9. The van der Waals surface area contributed by atoms with Gasteiger partial charge in [-0.05, 0) is 17.7 Å². The first-order valence-corrected chi connectivity index (χ1v) is 8.82. The third kappa shape index (κ3) is 6.41. The van der Waals surface area contributed by atoms with Crippen molar-refractivity contribution in [2.45, 2.75) is 19.5 Å². The monoisotopic (exact) mass is 380 g/mol. The fraction of sp³-hybridized carbons (Fsp3) is 0.353. The Morgan fingerprint density at radius 2 is 2.19 bits per heavy atom. The Bertz CT molecular complexity index is 753. The highest BCUT2D eigenvalue weighted by Gasteiger charge is 2.12. The van der Waals surface area contributed by atoms with Crippen LogP contribution in [0.4, 0.5) is 14.3 Å². The first-order valence-electron chi connectivity index (χ1n) is 7.94. The quantitative estimate of drug-likeness (QED) is 0.737. The lowest BCUT2D eigenvalue weighted by molar-refractivity contribution is -0.131. The van der Waals surface area contributed by atoms with E-state index in [9.17, 15) is 14.0 Å². The number of methoxy groups -OCH3 is 1. The zero-order valence-corrected chi connectivity index (χ0v) is 15.4. The van der Waals surface area contributed by atoms with Crippen molar-refractivity contribution in [1.82, 2.24) is 15.2 Å². The van der Waals surface area contributed by atoms with Crippen molar-refractivity contribution in [3.63, 3.8) is 0 Å². The molecule has 0 unspecified atom stereocenters. The standard InChI is InChI=1S/C17H21FN4O3S/c1-22(15(23)6-7-25-2)10-14-11-26-17(20-14)21-16(24)19-9-12-4-3-5-13(18)8-12/h3-5,8,11H,6-7,9-10H2,1-2H3,(H2,19,20,21,24). The molecule has 0 aliphatic heterocycles. The van der Waals surface area contributed by atoms with Crippen LogP contribution in [0.2, 0.25) is 0 Å². The van der Waals surface area contributed by atoms with E-state index >= 15 is 0 Å². The summed E-state index contributed by atoms with van der Waals surface area (Å²) in [6.07, 6.45) is 0.310. The number of hydrogen-bond acceptors (Lipinski definition) is 5. The van der Waals surface area contributed by atoms with Crippen LogP contribution >= 0.6 is 11.3 Å². The van der Waals surface area contributed by atoms with Crippen molar-refractivity contribution in [1.29, 1.82) is 0 Å². The maximum Gasteiger partial charge on any atom is 0.321 e. The zero-order valence-electron chi connectivity index (χ0n) is 14.6. The third-order valence-electron chi connectivity index (χ3n) is 3.46. The minimum atomic E-state index is -0.431. The molecule has 0 saturated carbocycles. The van der Waals surface area contributed by atoms with E-state index < -0.39 is 6.03 Å². The Morgan fingerprint density at radius 3 is 2.92 bits per heavy atom. The lowest BCUT2D eigenvalue weighted by atomic mass is 10.2. The molecule has 9 heteroatoms. The SMILES string of the molecule is COCCC(=O)N(C)Cc1csc(NC(=O)NCc2cccc(F)c2)n1. The van der Waals surface area contributed by atoms with Gasteiger partial charge in [0.25, 0.3) is 0 Å². The Labute approximate surface area is 155 Å². The van der Waals surface area contributed by atoms with Gasteiger partial charge in [-0.3, -0.25) is 10.1 Å². The summed E-state index contributed by atoms with van der Waals surface area (Å²) in [5.74, 6) is -0.388. The lowest BCUT2D eigenvalue weighted by Gasteiger charge is -2.15. The summed E-state index contributed by atoms with van der Waals surface area (Å²) in [4.78, 5) is 29.6. The summed E-state index contributed by atoms with van der Waals surface area (Å²) in [6, 6.07) is 5.58. The van der Waals surface area contributed by atoms with Crippen LogP contribution in [-0.2, 0) is 22.6 Å². The second kappa shape index (κ2) is 9.83. The molecule has 2 rings (SSSR count). The Hall–Kier alpha value is -2.52. The Morgan fingerprint density at radius 1 is 1.38 bits per heavy atom. The first-order chi connectivity index (χ1) is 12.5. The van der Waals surface area contributed by atoms with E-state index in [4.69, 9.17) is 4.74 Å². The molecule has 0 spiro atoms. The Balaban J connectivity index is 1.79. The van der Waals surface area contributed by atoms with Gasteiger partial charge < -0.3 is 15.0 Å². The highest BCUT2D eigenvalue weighted by Crippen LogP contribution is 2.16. The fourth-order valence-corrected chi connectivity index (χ4v) is 2.82. The average Bonchev–Trinajstić information content (AvgIpc) is 3.04. The van der Waals surface area contributed by atoms with E-state index in [1.807, 2.05) is 0 Å². The number of benzene rings is 1. The molecule has 2 aromatic rings. The number of urea groups is 1. The smallest absolute Gasteiger partial charge is 0.321 e. The van der Waals surface area contributed by atoms with Crippen LogP contribution in [0.3, 0.4) is 0 Å². The molecule has 2 N–H and O–H groups in total. The molecular formula is C17H21FN4O3S. The fourth-order valence-electron chi connectivity index (χ4n) is 2.12. The molecule has 0 atom stereocenters. The summed E-state index contributed by atoms with van der Waals surface area (Å²) in [5.41, 5.74) is 1.35. The number of nitrogens with one attached hydrogen (secondary N) is 2. The molecule has 1 aromatic carbocycles. The van der Waals surface area contributed by atoms with Crippen LogP contribution in [0.5, 0.6) is 0 Å². The number of rotatable bonds is 8. The normalized spacial score (nSPS) is 10.4. The van der Waals surface area contributed by atoms with Gasteiger partial charge in [0.05, 0.1) is 25.3 Å². The molecule has 0 aliphatic rings. The maximum absolute atomic E-state index is 13.1. The van der Waals surface area contributed by atoms with Gasteiger partial charge >= 0.3 is 6.03 Å². The number of ether oxygens (including phenoxy) is 1. The second-order valence-corrected chi connectivity index (χ2v) is 6.43. The van der Waals surface area contributed by atoms with Crippen LogP contribution in [0.25, 0.3) is 0 Å². The van der Waals surface area contributed by atoms with Gasteiger partial charge in [0.2, 0.25) is 5.91 Å². The van der Waals surface area contributed by atoms with Crippen molar-refractivity contribution in [3.05, 3.63) is 46.7 Å². The summed E-state index contributed by atoms with van der Waals surface area (Å²) in [7, 11) is 3.24. The van der Waals surface area contributed by atoms with Gasteiger partial charge in [-0.15, -0.1) is 11.3 Å². The van der Waals surface area contributed by atoms with Crippen molar-refractivity contribution in [2.75, 3.05) is 26.1 Å². The van der Waals surface area contributed by atoms with Gasteiger partial charge in [-0.2, -0.15) is 0 Å². The molecule has 3 amide bonds. The molecule has 0 radical (unpaired) electrons. The number of halogens is 1. The molecular weight excluding hydrogens is 359 g/mol. The number of carbonyl (C=O) groups excluding carboxylic acids is 2. The van der Waals surface area contributed by atoms with Gasteiger partial charge in [0.15, 0.2) is 5.13 Å². The van der Waals surface area contributed by atoms with Crippen LogP contribution in [0.15, 0.2) is 29.6 Å². The van der Waals surface area contributed by atoms with Crippen molar-refractivity contribution < 1.29 is 18.7 Å². The van der Waals surface area contributed by atoms with E-state index in [1.165, 1.54) is 23.5 Å². The van der Waals surface area contributed by atoms with E-state index in [-0.39, 0.29) is 18.3 Å². The van der Waals surface area contributed by atoms with Gasteiger partial charge in [-0.1, -0.05) is 12.1 Å². The largest absolute Gasteiger partial charge is 0.384 e. The van der Waals surface area contributed by atoms with Crippen LogP contribution in [0.1, 0.15) is 17.7 Å². The molecule has 0 fully saturated rings. The minimum Gasteiger partial charge on any atom is -0.384 e. The number of thiazole rings is 1. The summed E-state index contributed by atoms with van der Waals surface area (Å²) < 4.78 is 18.0. The molecule has 0 saturated heterocycles. The number of nitrogens with zero attached hydrogens (tertiary/aromatic N) is 2. The van der Waals surface area contributed by atoms with E-state index in [0.29, 0.717) is 36.0 Å². The lowest BCUT2D eigenvalue weighted by Crippen LogP contribution is -2.28. The summed E-state index contributed by atoms with van der Waals surface area (Å²) >= 11 is 1.27. The third-order valence-corrected chi connectivity index (χ3v) is 4.27. The van der Waals surface area contributed by atoms with Gasteiger partial charge in [0, 0.05) is 26.1 Å². The van der Waals surface area contributed by atoms with E-state index in [1.54, 1.807) is 36.6 Å². The van der Waals surface area contributed by atoms with Crippen LogP contribution < -0.4 is 10.6 Å². The molecule has 26 heavy (non-hydrogen) atoms. The van der Waals surface area contributed by atoms with Crippen molar-refractivity contribution >= 4 is 28.4 Å². The van der Waals surface area contributed by atoms with Gasteiger partial charge in [-0.25, -0.2) is 14.2 Å². The molecule has 0 bridgehead atoms. The Kier molecular flexibility index (Phi) is 7.49. The predicted octanol–water partition coefficient (Wildman–Crippen LogP) is 2.60. The number of amides is 3. The number of aromatic nitrogens is 1. The summed E-state index contributed by atoms with van der Waals surface area (Å²) in [6.45, 7) is 0.933. The molecule has 1 heterocycles. The first kappa shape index (κ1) is 19.8. The highest BCUT2D eigenvalue weighted by molar-refractivity contribution is 7.13. The molecule has 1 aromatic heterocycles. The van der Waals surface area contributed by atoms with Crippen LogP contribution in [-0.4, -0.2) is 42.6 Å². The van der Waals surface area contributed by atoms with Crippen LogP contribution in [0, 0.1) is 5.82 Å². The predicted molar refractivity (Wildman–Crippen MR) is 97.3 cm³/mol. The van der Waals surface area contributed by atoms with Crippen molar-refractivity contribution in [2.24, 2.45) is 0 Å². The van der Waals surface area contributed by atoms with E-state index in [2.05, 4.69) is 15.6 Å². The summed E-state index contributed by atoms with van der Waals surface area (Å²) in [5, 5.41) is 7.47. The molecule has 7 nitrogen and oxygen atoms in total. The number of carbonyl (C=O) groups is 2. The minimum absolute atomic E-state index is 0.0396. The highest BCUT2D eigenvalue weighted by atomic mass is 32.1.